The zero-order chi connectivity index (χ0) is 19.3. The van der Waals surface area contributed by atoms with Gasteiger partial charge in [0.1, 0.15) is 11.6 Å². The van der Waals surface area contributed by atoms with Crippen LogP contribution < -0.4 is 14.8 Å². The monoisotopic (exact) mass is 384 g/mol. The normalized spacial score (nSPS) is 11.0. The Balaban J connectivity index is 1.67. The number of benzene rings is 2. The summed E-state index contributed by atoms with van der Waals surface area (Å²) in [5.41, 5.74) is 1.84. The van der Waals surface area contributed by atoms with Crippen molar-refractivity contribution >= 4 is 21.7 Å². The van der Waals surface area contributed by atoms with Gasteiger partial charge in [0.05, 0.1) is 12.0 Å². The van der Waals surface area contributed by atoms with Crippen molar-refractivity contribution in [3.63, 3.8) is 0 Å². The molecule has 8 heteroatoms. The molecule has 7 nitrogen and oxygen atoms in total. The van der Waals surface area contributed by atoms with E-state index in [1.54, 1.807) is 31.4 Å². The molecular weight excluding hydrogens is 364 g/mol. The van der Waals surface area contributed by atoms with Crippen molar-refractivity contribution in [1.29, 1.82) is 0 Å². The number of anilines is 2. The second-order valence-electron chi connectivity index (χ2n) is 5.89. The summed E-state index contributed by atoms with van der Waals surface area (Å²) < 4.78 is 32.6. The van der Waals surface area contributed by atoms with Crippen LogP contribution in [0.15, 0.2) is 65.6 Å². The van der Waals surface area contributed by atoms with Crippen LogP contribution >= 0.6 is 0 Å². The van der Waals surface area contributed by atoms with Crippen molar-refractivity contribution in [2.24, 2.45) is 0 Å². The molecule has 0 bridgehead atoms. The molecular formula is C19H20N4O3S. The highest BCUT2D eigenvalue weighted by Crippen LogP contribution is 2.19. The Bertz CT molecular complexity index is 1020. The molecule has 2 aromatic carbocycles. The third-order valence-corrected chi connectivity index (χ3v) is 5.21. The highest BCUT2D eigenvalue weighted by atomic mass is 32.2. The number of nitrogens with zero attached hydrogens (tertiary/aromatic N) is 2. The second kappa shape index (κ2) is 8.05. The van der Waals surface area contributed by atoms with Crippen LogP contribution in [0.3, 0.4) is 0 Å². The van der Waals surface area contributed by atoms with Gasteiger partial charge in [-0.15, -0.1) is 10.2 Å². The predicted molar refractivity (Wildman–Crippen MR) is 104 cm³/mol. The first-order valence-corrected chi connectivity index (χ1v) is 9.75. The topological polar surface area (TPSA) is 93.2 Å². The first-order valence-electron chi connectivity index (χ1n) is 8.27. The highest BCUT2D eigenvalue weighted by Gasteiger charge is 2.15. The molecule has 0 fully saturated rings. The number of aromatic nitrogens is 2. The minimum Gasteiger partial charge on any atom is -0.496 e. The standard InChI is InChI=1S/C19H20N4O3S/c1-14-6-5-8-16(12-14)27(24,25)23-19-11-10-18(21-22-19)20-13-15-7-3-4-9-17(15)26-2/h3-12H,13H2,1-2H3,(H,20,21)(H,22,23). The predicted octanol–water partition coefficient (Wildman–Crippen LogP) is 3.21. The summed E-state index contributed by atoms with van der Waals surface area (Å²) in [4.78, 5) is 0.183. The number of methoxy groups -OCH3 is 1. The Labute approximate surface area is 158 Å². The van der Waals surface area contributed by atoms with Crippen LogP contribution in [0.1, 0.15) is 11.1 Å². The molecule has 0 spiro atoms. The lowest BCUT2D eigenvalue weighted by Gasteiger charge is -2.10. The van der Waals surface area contributed by atoms with Gasteiger partial charge in [0.15, 0.2) is 5.82 Å². The molecule has 2 N–H and O–H groups in total. The van der Waals surface area contributed by atoms with E-state index in [-0.39, 0.29) is 10.7 Å². The van der Waals surface area contributed by atoms with Gasteiger partial charge in [-0.1, -0.05) is 30.3 Å². The Hall–Kier alpha value is -3.13. The minimum absolute atomic E-state index is 0.152. The van der Waals surface area contributed by atoms with Crippen LogP contribution in [0.2, 0.25) is 0 Å². The molecule has 0 aliphatic heterocycles. The summed E-state index contributed by atoms with van der Waals surface area (Å²) in [6.07, 6.45) is 0. The molecule has 0 amide bonds. The van der Waals surface area contributed by atoms with Crippen molar-refractivity contribution in [3.05, 3.63) is 71.8 Å². The Morgan fingerprint density at radius 1 is 0.963 bits per heavy atom. The molecule has 1 heterocycles. The molecule has 0 aliphatic carbocycles. The van der Waals surface area contributed by atoms with E-state index in [0.29, 0.717) is 12.4 Å². The van der Waals surface area contributed by atoms with Crippen molar-refractivity contribution in [2.45, 2.75) is 18.4 Å². The van der Waals surface area contributed by atoms with Crippen LogP contribution in [-0.4, -0.2) is 25.7 Å². The molecule has 0 saturated heterocycles. The van der Waals surface area contributed by atoms with Gasteiger partial charge in [0.2, 0.25) is 0 Å². The lowest BCUT2D eigenvalue weighted by molar-refractivity contribution is 0.410. The molecule has 140 valence electrons. The van der Waals surface area contributed by atoms with Crippen LogP contribution in [-0.2, 0) is 16.6 Å². The molecule has 0 atom stereocenters. The van der Waals surface area contributed by atoms with Gasteiger partial charge < -0.3 is 10.1 Å². The van der Waals surface area contributed by atoms with E-state index in [0.717, 1.165) is 16.9 Å². The zero-order valence-corrected chi connectivity index (χ0v) is 15.8. The number of rotatable bonds is 7. The first kappa shape index (κ1) is 18.7. The lowest BCUT2D eigenvalue weighted by atomic mass is 10.2. The molecule has 0 aliphatic rings. The number of ether oxygens (including phenoxy) is 1. The summed E-state index contributed by atoms with van der Waals surface area (Å²) in [7, 11) is -2.08. The van der Waals surface area contributed by atoms with E-state index in [1.165, 1.54) is 6.07 Å². The smallest absolute Gasteiger partial charge is 0.263 e. The maximum Gasteiger partial charge on any atom is 0.263 e. The Morgan fingerprint density at radius 3 is 2.41 bits per heavy atom. The van der Waals surface area contributed by atoms with E-state index >= 15 is 0 Å². The first-order chi connectivity index (χ1) is 13.0. The van der Waals surface area contributed by atoms with Crippen molar-refractivity contribution in [3.8, 4) is 5.75 Å². The van der Waals surface area contributed by atoms with Gasteiger partial charge in [0, 0.05) is 12.1 Å². The molecule has 0 radical (unpaired) electrons. The minimum atomic E-state index is -3.70. The number of sulfonamides is 1. The number of nitrogens with one attached hydrogen (secondary N) is 2. The van der Waals surface area contributed by atoms with Crippen LogP contribution in [0, 0.1) is 6.92 Å². The maximum atomic E-state index is 12.4. The molecule has 0 saturated carbocycles. The van der Waals surface area contributed by atoms with E-state index in [2.05, 4.69) is 20.2 Å². The van der Waals surface area contributed by atoms with Crippen LogP contribution in [0.4, 0.5) is 11.6 Å². The zero-order valence-electron chi connectivity index (χ0n) is 15.0. The summed E-state index contributed by atoms with van der Waals surface area (Å²) in [5.74, 6) is 1.46. The molecule has 27 heavy (non-hydrogen) atoms. The number of hydrogen-bond donors (Lipinski definition) is 2. The summed E-state index contributed by atoms with van der Waals surface area (Å²) >= 11 is 0. The number of aryl methyl sites for hydroxylation is 1. The molecule has 3 rings (SSSR count). The van der Waals surface area contributed by atoms with E-state index in [1.807, 2.05) is 37.3 Å². The van der Waals surface area contributed by atoms with Crippen LogP contribution in [0.25, 0.3) is 0 Å². The average Bonchev–Trinajstić information content (AvgIpc) is 2.67. The van der Waals surface area contributed by atoms with Gasteiger partial charge in [-0.25, -0.2) is 8.42 Å². The number of para-hydroxylation sites is 1. The van der Waals surface area contributed by atoms with Gasteiger partial charge in [-0.3, -0.25) is 4.72 Å². The Kier molecular flexibility index (Phi) is 5.56. The largest absolute Gasteiger partial charge is 0.496 e. The van der Waals surface area contributed by atoms with Gasteiger partial charge >= 0.3 is 0 Å². The lowest BCUT2D eigenvalue weighted by Crippen LogP contribution is -2.14. The third kappa shape index (κ3) is 4.73. The second-order valence-corrected chi connectivity index (χ2v) is 7.57. The number of hydrogen-bond acceptors (Lipinski definition) is 6. The maximum absolute atomic E-state index is 12.4. The van der Waals surface area contributed by atoms with E-state index < -0.39 is 10.0 Å². The molecule has 1 aromatic heterocycles. The summed E-state index contributed by atoms with van der Waals surface area (Å²) in [5, 5.41) is 11.1. The highest BCUT2D eigenvalue weighted by molar-refractivity contribution is 7.92. The fourth-order valence-corrected chi connectivity index (χ4v) is 3.60. The fourth-order valence-electron chi connectivity index (χ4n) is 2.49. The Morgan fingerprint density at radius 2 is 1.70 bits per heavy atom. The van der Waals surface area contributed by atoms with Crippen molar-refractivity contribution < 1.29 is 13.2 Å². The molecule has 0 unspecified atom stereocenters. The van der Waals surface area contributed by atoms with Gasteiger partial charge in [0.25, 0.3) is 10.0 Å². The quantitative estimate of drug-likeness (QED) is 0.650. The van der Waals surface area contributed by atoms with Crippen molar-refractivity contribution in [2.75, 3.05) is 17.1 Å². The van der Waals surface area contributed by atoms with E-state index in [9.17, 15) is 8.42 Å². The van der Waals surface area contributed by atoms with Gasteiger partial charge in [-0.2, -0.15) is 0 Å². The fraction of sp³-hybridized carbons (Fsp3) is 0.158. The van der Waals surface area contributed by atoms with Crippen molar-refractivity contribution in [1.82, 2.24) is 10.2 Å². The SMILES string of the molecule is COc1ccccc1CNc1ccc(NS(=O)(=O)c2cccc(C)c2)nn1. The van der Waals surface area contributed by atoms with Crippen LogP contribution in [0.5, 0.6) is 5.75 Å². The van der Waals surface area contributed by atoms with Gasteiger partial charge in [-0.05, 0) is 42.8 Å². The van der Waals surface area contributed by atoms with E-state index in [4.69, 9.17) is 4.74 Å². The average molecular weight is 384 g/mol. The summed E-state index contributed by atoms with van der Waals surface area (Å²) in [6.45, 7) is 2.34. The third-order valence-electron chi connectivity index (χ3n) is 3.86. The summed E-state index contributed by atoms with van der Waals surface area (Å²) in [6, 6.07) is 17.5. The molecule has 3 aromatic rings.